The van der Waals surface area contributed by atoms with Gasteiger partial charge in [-0.1, -0.05) is 62.4 Å². The average molecular weight is 510 g/mol. The number of aromatic nitrogens is 1. The van der Waals surface area contributed by atoms with E-state index in [0.717, 1.165) is 55.2 Å². The molecule has 0 unspecified atom stereocenters. The molecule has 0 spiro atoms. The quantitative estimate of drug-likeness (QED) is 0.380. The van der Waals surface area contributed by atoms with Gasteiger partial charge in [0.05, 0.1) is 5.25 Å². The molecule has 0 saturated heterocycles. The van der Waals surface area contributed by atoms with Crippen molar-refractivity contribution in [3.63, 3.8) is 0 Å². The summed E-state index contributed by atoms with van der Waals surface area (Å²) >= 11 is 4.61. The molecule has 192 valence electrons. The summed E-state index contributed by atoms with van der Waals surface area (Å²) in [7, 11) is 0. The largest absolute Gasteiger partial charge is 0.480 e. The van der Waals surface area contributed by atoms with E-state index in [2.05, 4.69) is 28.2 Å². The molecule has 4 rings (SSSR count). The number of carboxylic acid groups (broad SMARTS) is 1. The summed E-state index contributed by atoms with van der Waals surface area (Å²) < 4.78 is 0. The second-order valence-electron chi connectivity index (χ2n) is 10.1. The van der Waals surface area contributed by atoms with Crippen molar-refractivity contribution in [2.45, 2.75) is 81.0 Å². The van der Waals surface area contributed by atoms with Gasteiger partial charge in [0.25, 0.3) is 0 Å². The maximum Gasteiger partial charge on any atom is 0.326 e. The first kappa shape index (κ1) is 26.2. The van der Waals surface area contributed by atoms with E-state index >= 15 is 0 Å². The molecule has 0 radical (unpaired) electrons. The molecule has 2 saturated carbocycles. The average Bonchev–Trinajstić information content (AvgIpc) is 3.39. The summed E-state index contributed by atoms with van der Waals surface area (Å²) in [4.78, 5) is 42.7. The van der Waals surface area contributed by atoms with Crippen LogP contribution < -0.4 is 10.6 Å². The van der Waals surface area contributed by atoms with E-state index < -0.39 is 28.7 Å². The summed E-state index contributed by atoms with van der Waals surface area (Å²) in [6.07, 6.45) is 11.6. The van der Waals surface area contributed by atoms with Gasteiger partial charge >= 0.3 is 5.97 Å². The Morgan fingerprint density at radius 1 is 1.00 bits per heavy atom. The van der Waals surface area contributed by atoms with Crippen LogP contribution in [0.15, 0.2) is 48.8 Å². The van der Waals surface area contributed by atoms with Crippen LogP contribution in [0, 0.1) is 5.92 Å². The predicted octanol–water partition coefficient (Wildman–Crippen LogP) is 4.17. The number of rotatable bonds is 9. The van der Waals surface area contributed by atoms with E-state index in [0.29, 0.717) is 12.8 Å². The van der Waals surface area contributed by atoms with Crippen LogP contribution in [-0.4, -0.2) is 44.7 Å². The fraction of sp³-hybridized carbons (Fsp3) is 0.500. The molecule has 2 fully saturated rings. The highest BCUT2D eigenvalue weighted by Gasteiger charge is 2.45. The number of nitrogens with zero attached hydrogens (tertiary/aromatic N) is 1. The number of thiol groups is 1. The maximum atomic E-state index is 13.4. The van der Waals surface area contributed by atoms with Gasteiger partial charge in [-0.3, -0.25) is 14.6 Å². The van der Waals surface area contributed by atoms with E-state index in [1.54, 1.807) is 12.4 Å². The van der Waals surface area contributed by atoms with Gasteiger partial charge in [0.15, 0.2) is 0 Å². The Hall–Kier alpha value is -2.87. The van der Waals surface area contributed by atoms with Crippen LogP contribution in [0.25, 0.3) is 11.1 Å². The minimum Gasteiger partial charge on any atom is -0.480 e. The Labute approximate surface area is 217 Å². The molecule has 2 atom stereocenters. The molecule has 1 aromatic heterocycles. The molecular formula is C28H35N3O4S. The first-order chi connectivity index (χ1) is 17.4. The van der Waals surface area contributed by atoms with Crippen molar-refractivity contribution in [1.82, 2.24) is 15.6 Å². The van der Waals surface area contributed by atoms with Crippen molar-refractivity contribution in [3.05, 3.63) is 54.4 Å². The summed E-state index contributed by atoms with van der Waals surface area (Å²) in [5.74, 6) is -1.53. The second kappa shape index (κ2) is 11.9. The molecule has 0 aliphatic heterocycles. The van der Waals surface area contributed by atoms with Crippen LogP contribution in [0.1, 0.15) is 63.4 Å². The van der Waals surface area contributed by atoms with E-state index in [-0.39, 0.29) is 18.2 Å². The third kappa shape index (κ3) is 6.27. The van der Waals surface area contributed by atoms with Gasteiger partial charge in [-0.05, 0) is 54.4 Å². The molecule has 2 aliphatic rings. The molecular weight excluding hydrogens is 474 g/mol. The number of pyridine rings is 1. The molecule has 2 amide bonds. The van der Waals surface area contributed by atoms with E-state index in [1.165, 1.54) is 6.42 Å². The number of carbonyl (C=O) groups is 3. The van der Waals surface area contributed by atoms with Crippen LogP contribution in [0.3, 0.4) is 0 Å². The van der Waals surface area contributed by atoms with Gasteiger partial charge in [-0.2, -0.15) is 12.6 Å². The van der Waals surface area contributed by atoms with E-state index in [1.807, 2.05) is 36.4 Å². The van der Waals surface area contributed by atoms with Gasteiger partial charge in [-0.25, -0.2) is 4.79 Å². The standard InChI is InChI=1S/C28H35N3O4S/c32-25(24(36)21-7-2-1-3-8-21)31-28(14-4-5-15-28)27(35)30-23(26(33)34)17-19-10-12-20(13-11-19)22-9-6-16-29-18-22/h6,9-13,16,18,21,23-24,36H,1-5,7-8,14-15,17H2,(H,30,35)(H,31,32)(H,33,34)/t23-,24-/m0/s1. The van der Waals surface area contributed by atoms with Crippen molar-refractivity contribution in [1.29, 1.82) is 0 Å². The molecule has 3 N–H and O–H groups in total. The number of hydrogen-bond acceptors (Lipinski definition) is 5. The first-order valence-corrected chi connectivity index (χ1v) is 13.4. The van der Waals surface area contributed by atoms with Crippen LogP contribution in [0.2, 0.25) is 0 Å². The van der Waals surface area contributed by atoms with Gasteiger partial charge in [0.1, 0.15) is 11.6 Å². The molecule has 1 aromatic carbocycles. The van der Waals surface area contributed by atoms with Gasteiger partial charge in [0, 0.05) is 18.8 Å². The number of carboxylic acids is 1. The normalized spacial score (nSPS) is 19.2. The molecule has 2 aliphatic carbocycles. The summed E-state index contributed by atoms with van der Waals surface area (Å²) in [5.41, 5.74) is 1.67. The lowest BCUT2D eigenvalue weighted by atomic mass is 9.85. The van der Waals surface area contributed by atoms with Crippen molar-refractivity contribution >= 4 is 30.4 Å². The van der Waals surface area contributed by atoms with Gasteiger partial charge in [-0.15, -0.1) is 0 Å². The summed E-state index contributed by atoms with van der Waals surface area (Å²) in [6.45, 7) is 0. The smallest absolute Gasteiger partial charge is 0.326 e. The lowest BCUT2D eigenvalue weighted by Gasteiger charge is -2.33. The molecule has 0 bridgehead atoms. The number of amides is 2. The number of benzene rings is 1. The number of aliphatic carboxylic acids is 1. The molecule has 1 heterocycles. The number of hydrogen-bond donors (Lipinski definition) is 4. The highest BCUT2D eigenvalue weighted by molar-refractivity contribution is 7.81. The van der Waals surface area contributed by atoms with Crippen molar-refractivity contribution < 1.29 is 19.5 Å². The minimum atomic E-state index is -1.10. The van der Waals surface area contributed by atoms with Crippen molar-refractivity contribution in [3.8, 4) is 11.1 Å². The monoisotopic (exact) mass is 509 g/mol. The van der Waals surface area contributed by atoms with Crippen LogP contribution in [0.5, 0.6) is 0 Å². The third-order valence-electron chi connectivity index (χ3n) is 7.61. The second-order valence-corrected chi connectivity index (χ2v) is 10.7. The van der Waals surface area contributed by atoms with Gasteiger partial charge < -0.3 is 15.7 Å². The Balaban J connectivity index is 1.42. The molecule has 36 heavy (non-hydrogen) atoms. The Bertz CT molecular complexity index is 1050. The van der Waals surface area contributed by atoms with Crippen molar-refractivity contribution in [2.24, 2.45) is 5.92 Å². The molecule has 8 heteroatoms. The van der Waals surface area contributed by atoms with Crippen LogP contribution in [0.4, 0.5) is 0 Å². The predicted molar refractivity (Wildman–Crippen MR) is 142 cm³/mol. The number of nitrogens with one attached hydrogen (secondary N) is 2. The minimum absolute atomic E-state index is 0.148. The Kier molecular flexibility index (Phi) is 8.67. The third-order valence-corrected chi connectivity index (χ3v) is 8.27. The maximum absolute atomic E-state index is 13.4. The highest BCUT2D eigenvalue weighted by Crippen LogP contribution is 2.33. The SMILES string of the molecule is O=C(O)[C@H](Cc1ccc(-c2cccnc2)cc1)NC(=O)C1(NC(=O)[C@@H](S)C2CCCCC2)CCCC1. The summed E-state index contributed by atoms with van der Waals surface area (Å²) in [5, 5.41) is 15.1. The fourth-order valence-corrected chi connectivity index (χ4v) is 5.82. The van der Waals surface area contributed by atoms with Gasteiger partial charge in [0.2, 0.25) is 11.8 Å². The van der Waals surface area contributed by atoms with Crippen molar-refractivity contribution in [2.75, 3.05) is 0 Å². The topological polar surface area (TPSA) is 108 Å². The first-order valence-electron chi connectivity index (χ1n) is 12.9. The lowest BCUT2D eigenvalue weighted by molar-refractivity contribution is -0.143. The highest BCUT2D eigenvalue weighted by atomic mass is 32.1. The molecule has 7 nitrogen and oxygen atoms in total. The fourth-order valence-electron chi connectivity index (χ4n) is 5.46. The Morgan fingerprint density at radius 2 is 1.69 bits per heavy atom. The van der Waals surface area contributed by atoms with E-state index in [4.69, 9.17) is 0 Å². The zero-order valence-corrected chi connectivity index (χ0v) is 21.4. The van der Waals surface area contributed by atoms with Crippen LogP contribution in [-0.2, 0) is 20.8 Å². The molecule has 2 aromatic rings. The lowest BCUT2D eigenvalue weighted by Crippen LogP contribution is -2.61. The van der Waals surface area contributed by atoms with E-state index in [9.17, 15) is 19.5 Å². The van der Waals surface area contributed by atoms with Crippen LogP contribution >= 0.6 is 12.6 Å². The zero-order chi connectivity index (χ0) is 25.5. The Morgan fingerprint density at radius 3 is 2.31 bits per heavy atom. The summed E-state index contributed by atoms with van der Waals surface area (Å²) in [6, 6.07) is 10.3. The zero-order valence-electron chi connectivity index (χ0n) is 20.5. The number of carbonyl (C=O) groups excluding carboxylic acids is 2.